The standard InChI is InChI=1S/C22H30FN3O2/c1-22(2,18-5-3-6-19(23)13-18)16-26-21(25-14-17-9-12-27-15-17)24-10-8-20-7-4-11-28-20/h3-7,11,13,17H,8-10,12,14-16H2,1-2H3,(H2,24,25,26). The quantitative estimate of drug-likeness (QED) is 0.538. The zero-order valence-electron chi connectivity index (χ0n) is 16.7. The first kappa shape index (κ1) is 20.4. The van der Waals surface area contributed by atoms with Crippen LogP contribution in [0.25, 0.3) is 0 Å². The molecule has 1 aliphatic heterocycles. The molecular formula is C22H30FN3O2. The molecular weight excluding hydrogens is 357 g/mol. The van der Waals surface area contributed by atoms with E-state index in [2.05, 4.69) is 24.5 Å². The molecule has 152 valence electrons. The van der Waals surface area contributed by atoms with E-state index in [0.29, 0.717) is 12.5 Å². The molecule has 28 heavy (non-hydrogen) atoms. The summed E-state index contributed by atoms with van der Waals surface area (Å²) in [5, 5.41) is 6.81. The number of rotatable bonds is 8. The maximum atomic E-state index is 13.6. The second kappa shape index (κ2) is 9.73. The monoisotopic (exact) mass is 387 g/mol. The van der Waals surface area contributed by atoms with E-state index in [1.165, 1.54) is 6.07 Å². The predicted octanol–water partition coefficient (Wildman–Crippen LogP) is 3.51. The Kier molecular flexibility index (Phi) is 7.09. The van der Waals surface area contributed by atoms with Crippen molar-refractivity contribution < 1.29 is 13.5 Å². The molecule has 1 atom stereocenters. The maximum absolute atomic E-state index is 13.6. The van der Waals surface area contributed by atoms with Crippen molar-refractivity contribution in [2.75, 3.05) is 32.8 Å². The van der Waals surface area contributed by atoms with E-state index in [1.807, 2.05) is 18.2 Å². The molecule has 0 bridgehead atoms. The molecule has 0 amide bonds. The second-order valence-corrected chi connectivity index (χ2v) is 7.93. The van der Waals surface area contributed by atoms with E-state index < -0.39 is 0 Å². The largest absolute Gasteiger partial charge is 0.469 e. The van der Waals surface area contributed by atoms with Gasteiger partial charge >= 0.3 is 0 Å². The highest BCUT2D eigenvalue weighted by atomic mass is 19.1. The molecule has 1 saturated heterocycles. The van der Waals surface area contributed by atoms with Crippen molar-refractivity contribution in [3.8, 4) is 0 Å². The molecule has 5 nitrogen and oxygen atoms in total. The molecule has 1 aliphatic rings. The fourth-order valence-corrected chi connectivity index (χ4v) is 3.20. The number of aliphatic imine (C=N–C) groups is 1. The van der Waals surface area contributed by atoms with Gasteiger partial charge in [-0.25, -0.2) is 4.39 Å². The Balaban J connectivity index is 1.61. The Morgan fingerprint density at radius 3 is 2.86 bits per heavy atom. The van der Waals surface area contributed by atoms with Crippen molar-refractivity contribution in [1.29, 1.82) is 0 Å². The predicted molar refractivity (Wildman–Crippen MR) is 109 cm³/mol. The van der Waals surface area contributed by atoms with E-state index in [-0.39, 0.29) is 11.2 Å². The Morgan fingerprint density at radius 1 is 1.25 bits per heavy atom. The van der Waals surface area contributed by atoms with Crippen LogP contribution >= 0.6 is 0 Å². The molecule has 0 saturated carbocycles. The van der Waals surface area contributed by atoms with Crippen molar-refractivity contribution in [2.45, 2.75) is 32.1 Å². The summed E-state index contributed by atoms with van der Waals surface area (Å²) in [5.74, 6) is 2.00. The number of nitrogens with one attached hydrogen (secondary N) is 2. The summed E-state index contributed by atoms with van der Waals surface area (Å²) in [4.78, 5) is 4.78. The van der Waals surface area contributed by atoms with Crippen molar-refractivity contribution in [1.82, 2.24) is 10.6 Å². The third kappa shape index (κ3) is 6.09. The summed E-state index contributed by atoms with van der Waals surface area (Å²) in [6.45, 7) is 7.88. The molecule has 0 spiro atoms. The summed E-state index contributed by atoms with van der Waals surface area (Å²) >= 11 is 0. The number of hydrogen-bond acceptors (Lipinski definition) is 3. The third-order valence-corrected chi connectivity index (χ3v) is 5.06. The van der Waals surface area contributed by atoms with Crippen molar-refractivity contribution in [3.63, 3.8) is 0 Å². The first-order chi connectivity index (χ1) is 13.5. The van der Waals surface area contributed by atoms with Gasteiger partial charge in [-0.1, -0.05) is 26.0 Å². The minimum absolute atomic E-state index is 0.217. The lowest BCUT2D eigenvalue weighted by Gasteiger charge is -2.24. The lowest BCUT2D eigenvalue weighted by molar-refractivity contribution is 0.186. The van der Waals surface area contributed by atoms with E-state index in [0.717, 1.165) is 56.4 Å². The van der Waals surface area contributed by atoms with Gasteiger partial charge in [0.15, 0.2) is 5.96 Å². The summed E-state index contributed by atoms with van der Waals surface area (Å²) in [6.07, 6.45) is 3.54. The summed E-state index contributed by atoms with van der Waals surface area (Å²) in [6, 6.07) is 10.6. The molecule has 2 aromatic rings. The van der Waals surface area contributed by atoms with Crippen LogP contribution in [0, 0.1) is 11.7 Å². The SMILES string of the molecule is CC(C)(CN=C(NCCc1ccco1)NCC1CCOC1)c1cccc(F)c1. The van der Waals surface area contributed by atoms with Gasteiger partial charge in [0.2, 0.25) is 0 Å². The molecule has 0 aliphatic carbocycles. The average Bonchev–Trinajstić information content (AvgIpc) is 3.37. The van der Waals surface area contributed by atoms with Gasteiger partial charge in [0, 0.05) is 37.5 Å². The number of guanidine groups is 1. The highest BCUT2D eigenvalue weighted by Gasteiger charge is 2.21. The highest BCUT2D eigenvalue weighted by Crippen LogP contribution is 2.24. The smallest absolute Gasteiger partial charge is 0.191 e. The topological polar surface area (TPSA) is 58.8 Å². The molecule has 2 heterocycles. The number of hydrogen-bond donors (Lipinski definition) is 2. The number of furan rings is 1. The summed E-state index contributed by atoms with van der Waals surface area (Å²) in [5.41, 5.74) is 0.671. The van der Waals surface area contributed by atoms with E-state index in [1.54, 1.807) is 18.4 Å². The zero-order valence-corrected chi connectivity index (χ0v) is 16.7. The molecule has 0 radical (unpaired) electrons. The normalized spacial score (nSPS) is 17.7. The minimum atomic E-state index is -0.270. The molecule has 1 aromatic heterocycles. The number of halogens is 1. The van der Waals surface area contributed by atoms with Gasteiger partial charge in [0.1, 0.15) is 11.6 Å². The van der Waals surface area contributed by atoms with Crippen LogP contribution in [0.1, 0.15) is 31.6 Å². The minimum Gasteiger partial charge on any atom is -0.469 e. The van der Waals surface area contributed by atoms with Gasteiger partial charge in [0.05, 0.1) is 19.4 Å². The Hall–Kier alpha value is -2.34. The Bertz CT molecular complexity index is 753. The lowest BCUT2D eigenvalue weighted by atomic mass is 9.85. The summed E-state index contributed by atoms with van der Waals surface area (Å²) < 4.78 is 24.5. The molecule has 6 heteroatoms. The van der Waals surface area contributed by atoms with E-state index in [4.69, 9.17) is 14.1 Å². The van der Waals surface area contributed by atoms with Gasteiger partial charge in [0.25, 0.3) is 0 Å². The number of ether oxygens (including phenoxy) is 1. The lowest BCUT2D eigenvalue weighted by Crippen LogP contribution is -2.41. The first-order valence-electron chi connectivity index (χ1n) is 9.91. The first-order valence-corrected chi connectivity index (χ1v) is 9.91. The van der Waals surface area contributed by atoms with E-state index >= 15 is 0 Å². The maximum Gasteiger partial charge on any atom is 0.191 e. The van der Waals surface area contributed by atoms with Crippen LogP contribution < -0.4 is 10.6 Å². The number of benzene rings is 1. The molecule has 1 unspecified atom stereocenters. The van der Waals surface area contributed by atoms with E-state index in [9.17, 15) is 4.39 Å². The Morgan fingerprint density at radius 2 is 2.14 bits per heavy atom. The van der Waals surface area contributed by atoms with Crippen LogP contribution in [-0.4, -0.2) is 38.8 Å². The fraction of sp³-hybridized carbons (Fsp3) is 0.500. The van der Waals surface area contributed by atoms with Crippen molar-refractivity contribution >= 4 is 5.96 Å². The molecule has 1 aromatic carbocycles. The van der Waals surface area contributed by atoms with Crippen LogP contribution in [-0.2, 0) is 16.6 Å². The van der Waals surface area contributed by atoms with Crippen LogP contribution in [0.2, 0.25) is 0 Å². The zero-order chi connectivity index (χ0) is 19.8. The number of nitrogens with zero attached hydrogens (tertiary/aromatic N) is 1. The van der Waals surface area contributed by atoms with Gasteiger partial charge in [-0.15, -0.1) is 0 Å². The van der Waals surface area contributed by atoms with Crippen molar-refractivity contribution in [3.05, 3.63) is 59.8 Å². The fourth-order valence-electron chi connectivity index (χ4n) is 3.20. The van der Waals surface area contributed by atoms with Crippen LogP contribution in [0.5, 0.6) is 0 Å². The molecule has 1 fully saturated rings. The Labute approximate surface area is 166 Å². The summed E-state index contributed by atoms with van der Waals surface area (Å²) in [7, 11) is 0. The van der Waals surface area contributed by atoms with Crippen LogP contribution in [0.15, 0.2) is 52.1 Å². The van der Waals surface area contributed by atoms with Crippen LogP contribution in [0.4, 0.5) is 4.39 Å². The van der Waals surface area contributed by atoms with Gasteiger partial charge in [-0.3, -0.25) is 4.99 Å². The second-order valence-electron chi connectivity index (χ2n) is 7.93. The molecule has 2 N–H and O–H groups in total. The molecule has 3 rings (SSSR count). The van der Waals surface area contributed by atoms with Gasteiger partial charge < -0.3 is 19.8 Å². The highest BCUT2D eigenvalue weighted by molar-refractivity contribution is 5.79. The van der Waals surface area contributed by atoms with Crippen LogP contribution in [0.3, 0.4) is 0 Å². The average molecular weight is 387 g/mol. The third-order valence-electron chi connectivity index (χ3n) is 5.06. The van der Waals surface area contributed by atoms with Gasteiger partial charge in [-0.05, 0) is 36.2 Å². The van der Waals surface area contributed by atoms with Crippen molar-refractivity contribution in [2.24, 2.45) is 10.9 Å². The van der Waals surface area contributed by atoms with Gasteiger partial charge in [-0.2, -0.15) is 0 Å².